The van der Waals surface area contributed by atoms with Crippen LogP contribution in [0.1, 0.15) is 23.4 Å². The standard InChI is InChI=1S/C21H21BrN2OS/c1-5-21(2,14-10-12-15(22)13-11-14)18(20(25)24(3)4)19-23-16-8-6-7-9-17(16)26-19/h5-13,18H,1H2,2-4H3/t18-,21+/m1/s1. The third kappa shape index (κ3) is 3.33. The maximum atomic E-state index is 13.2. The largest absolute Gasteiger partial charge is 0.348 e. The van der Waals surface area contributed by atoms with E-state index in [2.05, 4.69) is 29.4 Å². The van der Waals surface area contributed by atoms with Crippen molar-refractivity contribution in [3.05, 3.63) is 76.2 Å². The van der Waals surface area contributed by atoms with Crippen LogP contribution in [0, 0.1) is 0 Å². The molecule has 0 N–H and O–H groups in total. The maximum Gasteiger partial charge on any atom is 0.233 e. The van der Waals surface area contributed by atoms with Crippen LogP contribution in [0.15, 0.2) is 65.7 Å². The molecule has 0 unspecified atom stereocenters. The molecule has 134 valence electrons. The molecule has 5 heteroatoms. The Morgan fingerprint density at radius 1 is 1.23 bits per heavy atom. The number of carbonyl (C=O) groups is 1. The van der Waals surface area contributed by atoms with Crippen LogP contribution < -0.4 is 0 Å². The molecule has 26 heavy (non-hydrogen) atoms. The number of nitrogens with zero attached hydrogens (tertiary/aromatic N) is 2. The number of thiazole rings is 1. The molecule has 0 radical (unpaired) electrons. The SMILES string of the molecule is C=C[C@@](C)(c1ccc(Br)cc1)[C@@H](C(=O)N(C)C)c1nc2ccccc2s1. The number of hydrogen-bond donors (Lipinski definition) is 0. The van der Waals surface area contributed by atoms with Gasteiger partial charge in [-0.2, -0.15) is 0 Å². The normalized spacial score (nSPS) is 14.6. The zero-order chi connectivity index (χ0) is 18.9. The summed E-state index contributed by atoms with van der Waals surface area (Å²) < 4.78 is 2.09. The third-order valence-electron chi connectivity index (χ3n) is 4.74. The Balaban J connectivity index is 2.20. The minimum Gasteiger partial charge on any atom is -0.348 e. The molecule has 0 spiro atoms. The van der Waals surface area contributed by atoms with Gasteiger partial charge in [-0.25, -0.2) is 4.98 Å². The molecular formula is C21H21BrN2OS. The number of halogens is 1. The van der Waals surface area contributed by atoms with E-state index in [1.165, 1.54) is 0 Å². The van der Waals surface area contributed by atoms with Crippen LogP contribution >= 0.6 is 27.3 Å². The molecule has 0 fully saturated rings. The number of rotatable bonds is 5. The van der Waals surface area contributed by atoms with Crippen LogP contribution in [0.2, 0.25) is 0 Å². The van der Waals surface area contributed by atoms with E-state index in [4.69, 9.17) is 4.98 Å². The molecule has 0 bridgehead atoms. The summed E-state index contributed by atoms with van der Waals surface area (Å²) in [5.74, 6) is -0.414. The monoisotopic (exact) mass is 428 g/mol. The molecule has 3 nitrogen and oxygen atoms in total. The topological polar surface area (TPSA) is 33.2 Å². The summed E-state index contributed by atoms with van der Waals surface area (Å²) in [5, 5.41) is 0.815. The molecule has 0 aliphatic carbocycles. The highest BCUT2D eigenvalue weighted by Gasteiger charge is 2.42. The van der Waals surface area contributed by atoms with Crippen molar-refractivity contribution in [3.63, 3.8) is 0 Å². The van der Waals surface area contributed by atoms with Crippen LogP contribution in [-0.4, -0.2) is 29.9 Å². The fourth-order valence-electron chi connectivity index (χ4n) is 3.10. The molecule has 3 aromatic rings. The Morgan fingerprint density at radius 2 is 1.88 bits per heavy atom. The summed E-state index contributed by atoms with van der Waals surface area (Å²) in [4.78, 5) is 19.6. The number of carbonyl (C=O) groups excluding carboxylic acids is 1. The van der Waals surface area contributed by atoms with E-state index in [1.807, 2.05) is 54.6 Å². The van der Waals surface area contributed by atoms with Gasteiger partial charge in [0.25, 0.3) is 0 Å². The molecule has 1 amide bonds. The Morgan fingerprint density at radius 3 is 2.46 bits per heavy atom. The van der Waals surface area contributed by atoms with E-state index in [9.17, 15) is 4.79 Å². The fourth-order valence-corrected chi connectivity index (χ4v) is 4.56. The predicted octanol–water partition coefficient (Wildman–Crippen LogP) is 5.37. The van der Waals surface area contributed by atoms with Crippen molar-refractivity contribution in [1.29, 1.82) is 0 Å². The summed E-state index contributed by atoms with van der Waals surface area (Å²) in [5.41, 5.74) is 1.39. The number of hydrogen-bond acceptors (Lipinski definition) is 3. The Bertz CT molecular complexity index is 915. The lowest BCUT2D eigenvalue weighted by Crippen LogP contribution is -2.40. The molecule has 0 aliphatic rings. The molecule has 0 saturated carbocycles. The summed E-state index contributed by atoms with van der Waals surface area (Å²) in [6, 6.07) is 16.0. The first-order chi connectivity index (χ1) is 12.4. The number of amides is 1. The lowest BCUT2D eigenvalue weighted by atomic mass is 9.71. The van der Waals surface area contributed by atoms with Crippen molar-refractivity contribution in [3.8, 4) is 0 Å². The molecule has 1 heterocycles. The molecular weight excluding hydrogens is 408 g/mol. The first-order valence-corrected chi connectivity index (χ1v) is 9.94. The van der Waals surface area contributed by atoms with Gasteiger partial charge in [0.05, 0.1) is 10.2 Å². The van der Waals surface area contributed by atoms with Gasteiger partial charge in [0.15, 0.2) is 0 Å². The number of benzene rings is 2. The van der Waals surface area contributed by atoms with Gasteiger partial charge in [-0.3, -0.25) is 4.79 Å². The van der Waals surface area contributed by atoms with Crippen LogP contribution in [0.3, 0.4) is 0 Å². The van der Waals surface area contributed by atoms with E-state index in [0.717, 1.165) is 25.3 Å². The molecule has 3 rings (SSSR count). The van der Waals surface area contributed by atoms with Crippen LogP contribution in [0.5, 0.6) is 0 Å². The lowest BCUT2D eigenvalue weighted by molar-refractivity contribution is -0.131. The summed E-state index contributed by atoms with van der Waals surface area (Å²) >= 11 is 5.06. The van der Waals surface area contributed by atoms with Gasteiger partial charge < -0.3 is 4.90 Å². The zero-order valence-electron chi connectivity index (χ0n) is 15.1. The highest BCUT2D eigenvalue weighted by atomic mass is 79.9. The minimum atomic E-state index is -0.573. The van der Waals surface area contributed by atoms with Crippen LogP contribution in [0.25, 0.3) is 10.2 Å². The average molecular weight is 429 g/mol. The predicted molar refractivity (Wildman–Crippen MR) is 113 cm³/mol. The Labute approximate surface area is 166 Å². The van der Waals surface area contributed by atoms with Gasteiger partial charge in [0, 0.05) is 24.0 Å². The summed E-state index contributed by atoms with van der Waals surface area (Å²) in [6.45, 7) is 6.12. The third-order valence-corrected chi connectivity index (χ3v) is 6.36. The second-order valence-corrected chi connectivity index (χ2v) is 8.66. The molecule has 0 aliphatic heterocycles. The average Bonchev–Trinajstić information content (AvgIpc) is 3.05. The summed E-state index contributed by atoms with van der Waals surface area (Å²) in [7, 11) is 3.57. The summed E-state index contributed by atoms with van der Waals surface area (Å²) in [6.07, 6.45) is 1.87. The first-order valence-electron chi connectivity index (χ1n) is 8.33. The molecule has 2 atom stereocenters. The van der Waals surface area contributed by atoms with E-state index in [-0.39, 0.29) is 5.91 Å². The Hall–Kier alpha value is -1.98. The van der Waals surface area contributed by atoms with Gasteiger partial charge in [0.2, 0.25) is 5.91 Å². The maximum absolute atomic E-state index is 13.2. The number of para-hydroxylation sites is 1. The second-order valence-electron chi connectivity index (χ2n) is 6.68. The van der Waals surface area contributed by atoms with Crippen molar-refractivity contribution in [2.24, 2.45) is 0 Å². The number of aromatic nitrogens is 1. The fraction of sp³-hybridized carbons (Fsp3) is 0.238. The highest BCUT2D eigenvalue weighted by Crippen LogP contribution is 2.43. The number of likely N-dealkylation sites (N-methyl/N-ethyl adjacent to an activating group) is 1. The number of allylic oxidation sites excluding steroid dienone is 1. The van der Waals surface area contributed by atoms with Gasteiger partial charge in [0.1, 0.15) is 10.9 Å². The van der Waals surface area contributed by atoms with Gasteiger partial charge in [-0.05, 0) is 29.8 Å². The second kappa shape index (κ2) is 7.33. The van der Waals surface area contributed by atoms with Gasteiger partial charge >= 0.3 is 0 Å². The van der Waals surface area contributed by atoms with E-state index in [0.29, 0.717) is 0 Å². The van der Waals surface area contributed by atoms with Crippen molar-refractivity contribution in [2.75, 3.05) is 14.1 Å². The zero-order valence-corrected chi connectivity index (χ0v) is 17.5. The minimum absolute atomic E-state index is 0.0226. The van der Waals surface area contributed by atoms with Crippen molar-refractivity contribution >= 4 is 43.4 Å². The van der Waals surface area contributed by atoms with E-state index < -0.39 is 11.3 Å². The molecule has 0 saturated heterocycles. The van der Waals surface area contributed by atoms with E-state index >= 15 is 0 Å². The lowest BCUT2D eigenvalue weighted by Gasteiger charge is -2.35. The van der Waals surface area contributed by atoms with Gasteiger partial charge in [-0.15, -0.1) is 17.9 Å². The van der Waals surface area contributed by atoms with Crippen LogP contribution in [-0.2, 0) is 10.2 Å². The quantitative estimate of drug-likeness (QED) is 0.511. The van der Waals surface area contributed by atoms with Gasteiger partial charge in [-0.1, -0.05) is 53.2 Å². The highest BCUT2D eigenvalue weighted by molar-refractivity contribution is 9.10. The number of fused-ring (bicyclic) bond motifs is 1. The molecule has 2 aromatic carbocycles. The van der Waals surface area contributed by atoms with Crippen LogP contribution in [0.4, 0.5) is 0 Å². The van der Waals surface area contributed by atoms with E-state index in [1.54, 1.807) is 30.3 Å². The van der Waals surface area contributed by atoms with Crippen molar-refractivity contribution < 1.29 is 4.79 Å². The smallest absolute Gasteiger partial charge is 0.233 e. The van der Waals surface area contributed by atoms with Crippen molar-refractivity contribution in [2.45, 2.75) is 18.3 Å². The Kier molecular flexibility index (Phi) is 5.30. The van der Waals surface area contributed by atoms with Crippen molar-refractivity contribution in [1.82, 2.24) is 9.88 Å². The first kappa shape index (κ1) is 18.8. The molecule has 1 aromatic heterocycles.